The first kappa shape index (κ1) is 22.9. The summed E-state index contributed by atoms with van der Waals surface area (Å²) >= 11 is 14.3. The van der Waals surface area contributed by atoms with Gasteiger partial charge < -0.3 is 24.7 Å². The van der Waals surface area contributed by atoms with Crippen LogP contribution in [-0.2, 0) is 21.8 Å². The fraction of sp³-hybridized carbons (Fsp3) is 0.273. The smallest absolute Gasteiger partial charge is 0.318 e. The first-order valence-corrected chi connectivity index (χ1v) is 11.7. The Morgan fingerprint density at radius 3 is 2.78 bits per heavy atom. The van der Waals surface area contributed by atoms with E-state index < -0.39 is 5.79 Å². The summed E-state index contributed by atoms with van der Waals surface area (Å²) in [5.74, 6) is -0.339. The molecular weight excluding hydrogens is 471 g/mol. The van der Waals surface area contributed by atoms with Crippen LogP contribution >= 0.6 is 35.0 Å². The van der Waals surface area contributed by atoms with Crippen molar-refractivity contribution in [2.45, 2.75) is 23.3 Å². The van der Waals surface area contributed by atoms with Crippen LogP contribution in [0.25, 0.3) is 0 Å². The van der Waals surface area contributed by atoms with E-state index in [-0.39, 0.29) is 12.1 Å². The third kappa shape index (κ3) is 5.39. The second-order valence-corrected chi connectivity index (χ2v) is 9.14. The van der Waals surface area contributed by atoms with E-state index in [0.29, 0.717) is 28.9 Å². The molecule has 0 radical (unpaired) electrons. The minimum atomic E-state index is -1.03. The SMILES string of the molecule is CNC(=O)Nc1ccc(SCC2COC(Cn3ccnc3)(c3ccc(Cl)cc3Cl)O2)cc1. The number of benzene rings is 2. The average molecular weight is 493 g/mol. The fourth-order valence-electron chi connectivity index (χ4n) is 3.39. The van der Waals surface area contributed by atoms with Gasteiger partial charge in [0.2, 0.25) is 5.79 Å². The van der Waals surface area contributed by atoms with Gasteiger partial charge in [-0.2, -0.15) is 0 Å². The molecule has 0 bridgehead atoms. The topological polar surface area (TPSA) is 77.4 Å². The normalized spacial score (nSPS) is 20.3. The zero-order valence-electron chi connectivity index (χ0n) is 17.3. The molecule has 1 saturated heterocycles. The highest BCUT2D eigenvalue weighted by Crippen LogP contribution is 2.41. The lowest BCUT2D eigenvalue weighted by molar-refractivity contribution is -0.184. The number of imidazole rings is 1. The molecule has 2 amide bonds. The Hall–Kier alpha value is -2.23. The number of anilines is 1. The van der Waals surface area contributed by atoms with Crippen LogP contribution in [0.2, 0.25) is 10.0 Å². The van der Waals surface area contributed by atoms with Gasteiger partial charge in [-0.05, 0) is 36.4 Å². The monoisotopic (exact) mass is 492 g/mol. The van der Waals surface area contributed by atoms with Crippen LogP contribution in [0, 0.1) is 0 Å². The molecule has 0 saturated carbocycles. The average Bonchev–Trinajstić information content (AvgIpc) is 3.44. The molecule has 32 heavy (non-hydrogen) atoms. The molecule has 2 N–H and O–H groups in total. The Morgan fingerprint density at radius 1 is 1.28 bits per heavy atom. The molecule has 2 heterocycles. The Balaban J connectivity index is 1.45. The summed E-state index contributed by atoms with van der Waals surface area (Å²) in [5, 5.41) is 6.31. The minimum absolute atomic E-state index is 0.140. The van der Waals surface area contributed by atoms with E-state index in [2.05, 4.69) is 15.6 Å². The van der Waals surface area contributed by atoms with Gasteiger partial charge in [-0.3, -0.25) is 0 Å². The second-order valence-electron chi connectivity index (χ2n) is 7.20. The highest BCUT2D eigenvalue weighted by molar-refractivity contribution is 7.99. The molecule has 7 nitrogen and oxygen atoms in total. The molecule has 1 aromatic heterocycles. The quantitative estimate of drug-likeness (QED) is 0.453. The summed E-state index contributed by atoms with van der Waals surface area (Å²) < 4.78 is 14.6. The van der Waals surface area contributed by atoms with E-state index in [4.69, 9.17) is 32.7 Å². The van der Waals surface area contributed by atoms with Crippen molar-refractivity contribution in [3.63, 3.8) is 0 Å². The Kier molecular flexibility index (Phi) is 7.27. The van der Waals surface area contributed by atoms with Crippen molar-refractivity contribution in [2.24, 2.45) is 0 Å². The molecule has 2 unspecified atom stereocenters. The van der Waals surface area contributed by atoms with Crippen LogP contribution in [-0.4, -0.2) is 41.1 Å². The van der Waals surface area contributed by atoms with E-state index in [9.17, 15) is 4.79 Å². The molecule has 168 valence electrons. The first-order valence-electron chi connectivity index (χ1n) is 9.92. The Morgan fingerprint density at radius 2 is 2.09 bits per heavy atom. The predicted octanol–water partition coefficient (Wildman–Crippen LogP) is 5.00. The van der Waals surface area contributed by atoms with Gasteiger partial charge in [0.05, 0.1) is 30.6 Å². The highest BCUT2D eigenvalue weighted by atomic mass is 35.5. The fourth-order valence-corrected chi connectivity index (χ4v) is 4.82. The molecule has 1 aliphatic rings. The summed E-state index contributed by atoms with van der Waals surface area (Å²) in [5.41, 5.74) is 1.46. The summed E-state index contributed by atoms with van der Waals surface area (Å²) in [6, 6.07) is 12.7. The molecule has 0 spiro atoms. The minimum Gasteiger partial charge on any atom is -0.342 e. The number of ether oxygens (including phenoxy) is 2. The summed E-state index contributed by atoms with van der Waals surface area (Å²) in [4.78, 5) is 16.6. The van der Waals surface area contributed by atoms with Crippen LogP contribution in [0.15, 0.2) is 66.1 Å². The number of thioether (sulfide) groups is 1. The van der Waals surface area contributed by atoms with Crippen LogP contribution in [0.1, 0.15) is 5.56 Å². The van der Waals surface area contributed by atoms with E-state index in [1.807, 2.05) is 41.1 Å². The summed E-state index contributed by atoms with van der Waals surface area (Å²) in [6.45, 7) is 0.840. The Labute approximate surface area is 200 Å². The molecule has 1 aliphatic heterocycles. The van der Waals surface area contributed by atoms with Crippen LogP contribution in [0.3, 0.4) is 0 Å². The predicted molar refractivity (Wildman–Crippen MR) is 126 cm³/mol. The van der Waals surface area contributed by atoms with Crippen molar-refractivity contribution in [1.29, 1.82) is 0 Å². The molecule has 2 aromatic carbocycles. The number of hydrogen-bond acceptors (Lipinski definition) is 5. The van der Waals surface area contributed by atoms with E-state index in [0.717, 1.165) is 16.1 Å². The van der Waals surface area contributed by atoms with Crippen molar-refractivity contribution < 1.29 is 14.3 Å². The van der Waals surface area contributed by atoms with Crippen LogP contribution < -0.4 is 10.6 Å². The van der Waals surface area contributed by atoms with Crippen LogP contribution in [0.5, 0.6) is 0 Å². The third-order valence-electron chi connectivity index (χ3n) is 4.93. The Bertz CT molecular complexity index is 1070. The first-order chi connectivity index (χ1) is 15.5. The highest BCUT2D eigenvalue weighted by Gasteiger charge is 2.45. The number of carbonyl (C=O) groups is 1. The standard InChI is InChI=1S/C22H22Cl2N4O3S/c1-25-21(29)27-16-3-5-18(6-4-16)32-12-17-11-30-22(31-17,13-28-9-8-26-14-28)19-7-2-15(23)10-20(19)24/h2-10,14,17H,11-13H2,1H3,(H2,25,27,29). The van der Waals surface area contributed by atoms with Crippen molar-refractivity contribution in [1.82, 2.24) is 14.9 Å². The molecule has 2 atom stereocenters. The van der Waals surface area contributed by atoms with Gasteiger partial charge in [-0.25, -0.2) is 9.78 Å². The van der Waals surface area contributed by atoms with Crippen molar-refractivity contribution >= 4 is 46.7 Å². The van der Waals surface area contributed by atoms with Gasteiger partial charge in [0, 0.05) is 46.4 Å². The number of urea groups is 1. The maximum absolute atomic E-state index is 11.4. The maximum Gasteiger partial charge on any atom is 0.318 e. The summed E-state index contributed by atoms with van der Waals surface area (Å²) in [6.07, 6.45) is 5.14. The zero-order chi connectivity index (χ0) is 22.6. The lowest BCUT2D eigenvalue weighted by atomic mass is 10.1. The summed E-state index contributed by atoms with van der Waals surface area (Å²) in [7, 11) is 1.58. The van der Waals surface area contributed by atoms with Gasteiger partial charge in [0.25, 0.3) is 0 Å². The van der Waals surface area contributed by atoms with E-state index >= 15 is 0 Å². The molecule has 4 rings (SSSR count). The number of rotatable bonds is 7. The van der Waals surface area contributed by atoms with Gasteiger partial charge in [0.1, 0.15) is 0 Å². The van der Waals surface area contributed by atoms with Crippen molar-refractivity contribution in [3.05, 3.63) is 76.8 Å². The second kappa shape index (κ2) is 10.1. The van der Waals surface area contributed by atoms with Crippen LogP contribution in [0.4, 0.5) is 10.5 Å². The molecule has 0 aliphatic carbocycles. The number of nitrogens with zero attached hydrogens (tertiary/aromatic N) is 2. The number of halogens is 2. The van der Waals surface area contributed by atoms with Gasteiger partial charge in [0.15, 0.2) is 0 Å². The largest absolute Gasteiger partial charge is 0.342 e. The maximum atomic E-state index is 11.4. The lowest BCUT2D eigenvalue weighted by Crippen LogP contribution is -2.34. The molecular formula is C22H22Cl2N4O3S. The number of aromatic nitrogens is 2. The van der Waals surface area contributed by atoms with E-state index in [1.165, 1.54) is 0 Å². The van der Waals surface area contributed by atoms with Gasteiger partial charge in [-0.1, -0.05) is 29.3 Å². The number of carbonyl (C=O) groups excluding carboxylic acids is 1. The van der Waals surface area contributed by atoms with E-state index in [1.54, 1.807) is 43.5 Å². The zero-order valence-corrected chi connectivity index (χ0v) is 19.6. The van der Waals surface area contributed by atoms with Gasteiger partial charge >= 0.3 is 6.03 Å². The van der Waals surface area contributed by atoms with Crippen molar-refractivity contribution in [3.8, 4) is 0 Å². The number of hydrogen-bond donors (Lipinski definition) is 2. The van der Waals surface area contributed by atoms with Crippen molar-refractivity contribution in [2.75, 3.05) is 24.7 Å². The molecule has 10 heteroatoms. The number of nitrogens with one attached hydrogen (secondary N) is 2. The molecule has 3 aromatic rings. The third-order valence-corrected chi connectivity index (χ3v) is 6.62. The number of amides is 2. The molecule has 1 fully saturated rings. The lowest BCUT2D eigenvalue weighted by Gasteiger charge is -2.30. The van der Waals surface area contributed by atoms with Gasteiger partial charge in [-0.15, -0.1) is 11.8 Å².